The van der Waals surface area contributed by atoms with Crippen LogP contribution in [0.2, 0.25) is 5.02 Å². The Hall–Kier alpha value is -1.73. The van der Waals surface area contributed by atoms with E-state index < -0.39 is 27.2 Å². The van der Waals surface area contributed by atoms with E-state index in [0.29, 0.717) is 0 Å². The Kier molecular flexibility index (Phi) is 4.20. The number of aromatic nitrogens is 2. The molecule has 0 unspecified atom stereocenters. The zero-order valence-corrected chi connectivity index (χ0v) is 11.5. The van der Waals surface area contributed by atoms with E-state index in [0.717, 1.165) is 18.2 Å². The molecule has 1 aromatic heterocycles. The summed E-state index contributed by atoms with van der Waals surface area (Å²) in [5, 5.41) is 5.43. The predicted octanol–water partition coefficient (Wildman–Crippen LogP) is 2.99. The molecule has 1 heterocycles. The van der Waals surface area contributed by atoms with Gasteiger partial charge < -0.3 is 0 Å². The molecule has 106 valence electrons. The van der Waals surface area contributed by atoms with Crippen molar-refractivity contribution >= 4 is 27.3 Å². The van der Waals surface area contributed by atoms with E-state index >= 15 is 0 Å². The highest BCUT2D eigenvalue weighted by Crippen LogP contribution is 2.21. The number of nitrogens with zero attached hydrogens (tertiary/aromatic N) is 1. The Labute approximate surface area is 119 Å². The van der Waals surface area contributed by atoms with Gasteiger partial charge >= 0.3 is 0 Å². The van der Waals surface area contributed by atoms with Gasteiger partial charge in [-0.2, -0.15) is 5.10 Å². The molecule has 8 heteroatoms. The van der Waals surface area contributed by atoms with Crippen LogP contribution in [0.15, 0.2) is 41.6 Å². The van der Waals surface area contributed by atoms with Crippen molar-refractivity contribution in [2.45, 2.75) is 5.03 Å². The van der Waals surface area contributed by atoms with Crippen LogP contribution in [0, 0.1) is 5.82 Å². The maximum atomic E-state index is 13.8. The van der Waals surface area contributed by atoms with Crippen LogP contribution in [0.25, 0.3) is 5.83 Å². The van der Waals surface area contributed by atoms with Gasteiger partial charge in [0.1, 0.15) is 11.6 Å². The van der Waals surface area contributed by atoms with Gasteiger partial charge in [0.2, 0.25) is 9.84 Å². The molecule has 0 bridgehead atoms. The molecule has 2 rings (SSSR count). The normalized spacial score (nSPS) is 12.7. The maximum Gasteiger partial charge on any atom is 0.202 e. The number of sulfone groups is 1. The molecule has 2 aromatic rings. The number of H-pyrrole nitrogens is 1. The lowest BCUT2D eigenvalue weighted by molar-refractivity contribution is 0.594. The molecule has 0 atom stereocenters. The lowest BCUT2D eigenvalue weighted by Gasteiger charge is -2.00. The van der Waals surface area contributed by atoms with Crippen molar-refractivity contribution in [3.8, 4) is 0 Å². The fourth-order valence-electron chi connectivity index (χ4n) is 1.47. The minimum Gasteiger partial charge on any atom is -0.283 e. The molecule has 0 amide bonds. The van der Waals surface area contributed by atoms with Gasteiger partial charge in [-0.05, 0) is 30.3 Å². The quantitative estimate of drug-likeness (QED) is 0.942. The first kappa shape index (κ1) is 14.7. The van der Waals surface area contributed by atoms with Gasteiger partial charge in [0, 0.05) is 11.8 Å². The second-order valence-corrected chi connectivity index (χ2v) is 6.24. The van der Waals surface area contributed by atoms with Crippen molar-refractivity contribution < 1.29 is 17.2 Å². The van der Waals surface area contributed by atoms with Crippen LogP contribution < -0.4 is 0 Å². The molecule has 0 saturated carbocycles. The highest BCUT2D eigenvalue weighted by molar-refractivity contribution is 7.91. The maximum absolute atomic E-state index is 13.8. The summed E-state index contributed by atoms with van der Waals surface area (Å²) >= 11 is 5.65. The number of halogens is 3. The van der Waals surface area contributed by atoms with Gasteiger partial charge in [0.25, 0.3) is 0 Å². The molecule has 20 heavy (non-hydrogen) atoms. The van der Waals surface area contributed by atoms with E-state index in [1.807, 2.05) is 0 Å². The largest absolute Gasteiger partial charge is 0.283 e. The molecular weight excluding hydrogens is 310 g/mol. The predicted molar refractivity (Wildman–Crippen MR) is 71.1 cm³/mol. The van der Waals surface area contributed by atoms with Crippen molar-refractivity contribution in [3.05, 3.63) is 52.9 Å². The molecule has 0 aliphatic rings. The molecule has 0 aliphatic heterocycles. The van der Waals surface area contributed by atoms with Crippen LogP contribution >= 0.6 is 11.6 Å². The summed E-state index contributed by atoms with van der Waals surface area (Å²) in [6, 6.07) is 4.61. The summed E-state index contributed by atoms with van der Waals surface area (Å²) in [5.41, 5.74) is 0.0923. The lowest BCUT2D eigenvalue weighted by atomic mass is 10.2. The van der Waals surface area contributed by atoms with Gasteiger partial charge in [-0.25, -0.2) is 17.2 Å². The average molecular weight is 319 g/mol. The Morgan fingerprint density at radius 1 is 1.35 bits per heavy atom. The zero-order chi connectivity index (χ0) is 14.8. The highest BCUT2D eigenvalue weighted by Gasteiger charge is 2.20. The number of rotatable bonds is 4. The monoisotopic (exact) mass is 318 g/mol. The fourth-order valence-corrected chi connectivity index (χ4v) is 2.98. The van der Waals surface area contributed by atoms with Crippen molar-refractivity contribution in [1.29, 1.82) is 0 Å². The zero-order valence-electron chi connectivity index (χ0n) is 9.98. The first-order valence-corrected chi connectivity index (χ1v) is 7.47. The van der Waals surface area contributed by atoms with Gasteiger partial charge in [0.15, 0.2) is 5.03 Å². The molecule has 0 saturated heterocycles. The van der Waals surface area contributed by atoms with Gasteiger partial charge in [0.05, 0.1) is 10.8 Å². The fraction of sp³-hybridized carbons (Fsp3) is 0.0833. The Bertz CT molecular complexity index is 739. The molecule has 1 aromatic carbocycles. The number of benzene rings is 1. The Morgan fingerprint density at radius 2 is 2.00 bits per heavy atom. The van der Waals surface area contributed by atoms with Crippen LogP contribution in [-0.4, -0.2) is 24.4 Å². The second-order valence-electron chi connectivity index (χ2n) is 3.88. The van der Waals surface area contributed by atoms with Crippen molar-refractivity contribution in [2.24, 2.45) is 0 Å². The SMILES string of the molecule is O=S(=O)(CC=C(F)c1ccc(F)cc1)c1n[nH]cc1Cl. The van der Waals surface area contributed by atoms with E-state index in [1.54, 1.807) is 0 Å². The minimum atomic E-state index is -3.82. The topological polar surface area (TPSA) is 62.8 Å². The molecule has 0 aliphatic carbocycles. The third-order valence-electron chi connectivity index (χ3n) is 2.46. The van der Waals surface area contributed by atoms with E-state index in [9.17, 15) is 17.2 Å². The Balaban J connectivity index is 2.20. The molecule has 1 N–H and O–H groups in total. The van der Waals surface area contributed by atoms with Crippen LogP contribution in [0.4, 0.5) is 8.78 Å². The third-order valence-corrected chi connectivity index (χ3v) is 4.36. The molecule has 0 fully saturated rings. The van der Waals surface area contributed by atoms with Gasteiger partial charge in [-0.1, -0.05) is 11.6 Å². The minimum absolute atomic E-state index is 0.0550. The summed E-state index contributed by atoms with van der Waals surface area (Å²) in [6.07, 6.45) is 2.10. The van der Waals surface area contributed by atoms with Crippen molar-refractivity contribution in [1.82, 2.24) is 10.2 Å². The Morgan fingerprint density at radius 3 is 2.55 bits per heavy atom. The van der Waals surface area contributed by atoms with Gasteiger partial charge in [-0.3, -0.25) is 5.10 Å². The van der Waals surface area contributed by atoms with E-state index in [2.05, 4.69) is 10.2 Å². The standard InChI is InChI=1S/C12H9ClF2N2O2S/c13-10-7-16-17-12(10)20(18,19)6-5-11(15)8-1-3-9(14)4-2-8/h1-5,7H,6H2,(H,16,17). The molecule has 0 radical (unpaired) electrons. The molecule has 4 nitrogen and oxygen atoms in total. The van der Waals surface area contributed by atoms with Crippen LogP contribution in [0.3, 0.4) is 0 Å². The summed E-state index contributed by atoms with van der Waals surface area (Å²) in [4.78, 5) is 0. The first-order valence-electron chi connectivity index (χ1n) is 5.44. The van der Waals surface area contributed by atoms with Crippen LogP contribution in [0.5, 0.6) is 0 Å². The summed E-state index contributed by atoms with van der Waals surface area (Å²) in [7, 11) is -3.82. The van der Waals surface area contributed by atoms with Gasteiger partial charge in [-0.15, -0.1) is 0 Å². The number of hydrogen-bond acceptors (Lipinski definition) is 3. The third kappa shape index (κ3) is 3.23. The van der Waals surface area contributed by atoms with E-state index in [1.165, 1.54) is 18.3 Å². The van der Waals surface area contributed by atoms with E-state index in [-0.39, 0.29) is 15.6 Å². The molecular formula is C12H9ClF2N2O2S. The van der Waals surface area contributed by atoms with E-state index in [4.69, 9.17) is 11.6 Å². The summed E-state index contributed by atoms with van der Waals surface area (Å²) in [6.45, 7) is 0. The van der Waals surface area contributed by atoms with Crippen LogP contribution in [0.1, 0.15) is 5.56 Å². The van der Waals surface area contributed by atoms with Crippen molar-refractivity contribution in [3.63, 3.8) is 0 Å². The average Bonchev–Trinajstić information content (AvgIpc) is 2.84. The van der Waals surface area contributed by atoms with Crippen molar-refractivity contribution in [2.75, 3.05) is 5.75 Å². The number of aromatic amines is 1. The number of nitrogens with one attached hydrogen (secondary N) is 1. The van der Waals surface area contributed by atoms with Crippen LogP contribution in [-0.2, 0) is 9.84 Å². The number of hydrogen-bond donors (Lipinski definition) is 1. The summed E-state index contributed by atoms with van der Waals surface area (Å²) in [5.74, 6) is -1.86. The first-order chi connectivity index (χ1) is 9.40. The smallest absolute Gasteiger partial charge is 0.202 e. The highest BCUT2D eigenvalue weighted by atomic mass is 35.5. The summed E-state index contributed by atoms with van der Waals surface area (Å²) < 4.78 is 50.2. The lowest BCUT2D eigenvalue weighted by Crippen LogP contribution is -2.06. The molecule has 0 spiro atoms. The second kappa shape index (κ2) is 5.72.